The molecule has 10 N–H and O–H groups in total. The van der Waals surface area contributed by atoms with Gasteiger partial charge in [0.15, 0.2) is 12.1 Å². The molecule has 0 rings (SSSR count). The van der Waals surface area contributed by atoms with Crippen LogP contribution in [0, 0.1) is 0 Å². The zero-order valence-corrected chi connectivity index (χ0v) is 12.5. The maximum atomic E-state index is 10.5. The Labute approximate surface area is 136 Å². The SMILES string of the molecule is O=C(CO)[C@@H](O)[C@H](O)[C@H](O)CO.O=C[C@@H](O)[C@@H](O)[C@H](O)[C@H](O)CO. The number of hydrogen-bond donors (Lipinski definition) is 10. The number of ketones is 1. The highest BCUT2D eigenvalue weighted by molar-refractivity contribution is 5.84. The molecule has 0 spiro atoms. The molecule has 0 aromatic carbocycles. The Morgan fingerprint density at radius 2 is 1.17 bits per heavy atom. The van der Waals surface area contributed by atoms with E-state index in [9.17, 15) is 9.59 Å². The third kappa shape index (κ3) is 8.70. The lowest BCUT2D eigenvalue weighted by atomic mass is 10.0. The van der Waals surface area contributed by atoms with Crippen molar-refractivity contribution in [2.45, 2.75) is 42.7 Å². The maximum Gasteiger partial charge on any atom is 0.189 e. The number of carbonyl (C=O) groups is 2. The molecule has 0 bridgehead atoms. The van der Waals surface area contributed by atoms with Gasteiger partial charge in [-0.3, -0.25) is 4.79 Å². The van der Waals surface area contributed by atoms with E-state index in [1.807, 2.05) is 0 Å². The first-order valence-electron chi connectivity index (χ1n) is 6.65. The Morgan fingerprint density at radius 3 is 1.50 bits per heavy atom. The van der Waals surface area contributed by atoms with Crippen LogP contribution in [0.4, 0.5) is 0 Å². The fourth-order valence-corrected chi connectivity index (χ4v) is 1.22. The monoisotopic (exact) mass is 360 g/mol. The molecule has 0 aromatic heterocycles. The molecule has 0 amide bonds. The summed E-state index contributed by atoms with van der Waals surface area (Å²) in [6.07, 6.45) is -12.1. The smallest absolute Gasteiger partial charge is 0.189 e. The van der Waals surface area contributed by atoms with E-state index in [0.29, 0.717) is 0 Å². The van der Waals surface area contributed by atoms with Crippen molar-refractivity contribution in [1.29, 1.82) is 0 Å². The van der Waals surface area contributed by atoms with Gasteiger partial charge in [0.25, 0.3) is 0 Å². The normalized spacial score (nSPS) is 19.8. The summed E-state index contributed by atoms with van der Waals surface area (Å²) in [5.41, 5.74) is 0. The first kappa shape index (κ1) is 25.2. The van der Waals surface area contributed by atoms with Crippen molar-refractivity contribution < 1.29 is 60.7 Å². The molecule has 144 valence electrons. The van der Waals surface area contributed by atoms with Gasteiger partial charge in [0.2, 0.25) is 0 Å². The molecule has 0 aliphatic rings. The Kier molecular flexibility index (Phi) is 13.9. The lowest BCUT2D eigenvalue weighted by Gasteiger charge is -2.22. The molecule has 0 aliphatic carbocycles. The van der Waals surface area contributed by atoms with Crippen molar-refractivity contribution in [2.75, 3.05) is 19.8 Å². The van der Waals surface area contributed by atoms with Crippen LogP contribution in [0.5, 0.6) is 0 Å². The van der Waals surface area contributed by atoms with E-state index in [0.717, 1.165) is 0 Å². The van der Waals surface area contributed by atoms with Crippen molar-refractivity contribution in [3.63, 3.8) is 0 Å². The summed E-state index contributed by atoms with van der Waals surface area (Å²) in [6.45, 7) is -2.45. The predicted molar refractivity (Wildman–Crippen MR) is 74.4 cm³/mol. The first-order valence-corrected chi connectivity index (χ1v) is 6.65. The van der Waals surface area contributed by atoms with E-state index >= 15 is 0 Å². The highest BCUT2D eigenvalue weighted by Gasteiger charge is 2.30. The van der Waals surface area contributed by atoms with Crippen molar-refractivity contribution in [3.8, 4) is 0 Å². The van der Waals surface area contributed by atoms with E-state index in [2.05, 4.69) is 0 Å². The van der Waals surface area contributed by atoms with Gasteiger partial charge in [-0.05, 0) is 0 Å². The van der Waals surface area contributed by atoms with E-state index in [-0.39, 0.29) is 6.29 Å². The van der Waals surface area contributed by atoms with E-state index in [1.165, 1.54) is 0 Å². The minimum Gasteiger partial charge on any atom is -0.394 e. The van der Waals surface area contributed by atoms with Crippen LogP contribution in [0.3, 0.4) is 0 Å². The lowest BCUT2D eigenvalue weighted by molar-refractivity contribution is -0.142. The summed E-state index contributed by atoms with van der Waals surface area (Å²) in [7, 11) is 0. The minimum atomic E-state index is -1.86. The summed E-state index contributed by atoms with van der Waals surface area (Å²) in [6, 6.07) is 0. The number of aldehydes is 1. The third-order valence-electron chi connectivity index (χ3n) is 2.81. The van der Waals surface area contributed by atoms with Crippen molar-refractivity contribution >= 4 is 12.1 Å². The number of rotatable bonds is 10. The third-order valence-corrected chi connectivity index (χ3v) is 2.81. The Morgan fingerprint density at radius 1 is 0.750 bits per heavy atom. The van der Waals surface area contributed by atoms with Crippen LogP contribution >= 0.6 is 0 Å². The average molecular weight is 360 g/mol. The van der Waals surface area contributed by atoms with Gasteiger partial charge in [-0.1, -0.05) is 0 Å². The fraction of sp³-hybridized carbons (Fsp3) is 0.833. The molecular formula is C12H24O12. The second kappa shape index (κ2) is 13.3. The molecule has 0 aliphatic heterocycles. The zero-order valence-electron chi connectivity index (χ0n) is 12.5. The van der Waals surface area contributed by atoms with Crippen molar-refractivity contribution in [2.24, 2.45) is 0 Å². The second-order valence-corrected chi connectivity index (χ2v) is 4.67. The maximum absolute atomic E-state index is 10.5. The van der Waals surface area contributed by atoms with Crippen molar-refractivity contribution in [3.05, 3.63) is 0 Å². The van der Waals surface area contributed by atoms with Gasteiger partial charge >= 0.3 is 0 Å². The van der Waals surface area contributed by atoms with Gasteiger partial charge in [0.05, 0.1) is 13.2 Å². The Bertz CT molecular complexity index is 351. The molecule has 12 heteroatoms. The highest BCUT2D eigenvalue weighted by Crippen LogP contribution is 2.03. The van der Waals surface area contributed by atoms with Gasteiger partial charge < -0.3 is 55.9 Å². The second-order valence-electron chi connectivity index (χ2n) is 4.67. The lowest BCUT2D eigenvalue weighted by Crippen LogP contribution is -2.46. The predicted octanol–water partition coefficient (Wildman–Crippen LogP) is -6.76. The summed E-state index contributed by atoms with van der Waals surface area (Å²) >= 11 is 0. The molecule has 0 radical (unpaired) electrons. The number of aliphatic hydroxyl groups is 10. The molecule has 0 unspecified atom stereocenters. The van der Waals surface area contributed by atoms with E-state index in [4.69, 9.17) is 51.1 Å². The summed E-state index contributed by atoms with van der Waals surface area (Å²) in [5.74, 6) is -1.00. The minimum absolute atomic E-state index is 0.0258. The number of hydrogen-bond acceptors (Lipinski definition) is 12. The van der Waals surface area contributed by atoms with Gasteiger partial charge in [-0.25, -0.2) is 0 Å². The molecule has 0 heterocycles. The Balaban J connectivity index is 0. The summed E-state index contributed by atoms with van der Waals surface area (Å²) in [4.78, 5) is 20.4. The first-order chi connectivity index (χ1) is 11.1. The van der Waals surface area contributed by atoms with Crippen LogP contribution in [0.2, 0.25) is 0 Å². The molecule has 0 saturated carbocycles. The molecular weight excluding hydrogens is 336 g/mol. The molecule has 7 atom stereocenters. The molecule has 12 nitrogen and oxygen atoms in total. The molecule has 24 heavy (non-hydrogen) atoms. The average Bonchev–Trinajstić information content (AvgIpc) is 2.62. The van der Waals surface area contributed by atoms with Crippen LogP contribution in [0.1, 0.15) is 0 Å². The topological polar surface area (TPSA) is 236 Å². The molecule has 0 fully saturated rings. The largest absolute Gasteiger partial charge is 0.394 e. The Hall–Kier alpha value is -1.06. The van der Waals surface area contributed by atoms with Crippen LogP contribution in [-0.2, 0) is 9.59 Å². The highest BCUT2D eigenvalue weighted by atomic mass is 16.4. The number of Topliss-reactive ketones (excluding diaryl/α,β-unsaturated/α-hetero) is 1. The number of aliphatic hydroxyl groups excluding tert-OH is 10. The summed E-state index contributed by atoms with van der Waals surface area (Å²) < 4.78 is 0. The summed E-state index contributed by atoms with van der Waals surface area (Å²) in [5, 5.41) is 86.6. The van der Waals surface area contributed by atoms with Gasteiger partial charge in [-0.2, -0.15) is 0 Å². The quantitative estimate of drug-likeness (QED) is 0.164. The van der Waals surface area contributed by atoms with Crippen LogP contribution in [0.15, 0.2) is 0 Å². The van der Waals surface area contributed by atoms with Gasteiger partial charge in [0, 0.05) is 0 Å². The number of carbonyl (C=O) groups excluding carboxylic acids is 2. The van der Waals surface area contributed by atoms with Gasteiger partial charge in [0.1, 0.15) is 49.3 Å². The molecule has 0 saturated heterocycles. The molecule has 0 aromatic rings. The van der Waals surface area contributed by atoms with Crippen LogP contribution in [0.25, 0.3) is 0 Å². The standard InChI is InChI=1S/2C6H12O6/c2*7-1-3(9)5(11)6(12)4(10)2-8/h3,5-9,11-12H,1-2H2;1,3-6,8-12H,2H2/t3-,5-,6-;3-,4-,5-,6-/m11/s1. The van der Waals surface area contributed by atoms with Gasteiger partial charge in [-0.15, -0.1) is 0 Å². The van der Waals surface area contributed by atoms with E-state index in [1.54, 1.807) is 0 Å². The van der Waals surface area contributed by atoms with Crippen LogP contribution < -0.4 is 0 Å². The zero-order chi connectivity index (χ0) is 19.4. The van der Waals surface area contributed by atoms with E-state index < -0.39 is 68.3 Å². The fourth-order valence-electron chi connectivity index (χ4n) is 1.22. The van der Waals surface area contributed by atoms with Crippen molar-refractivity contribution in [1.82, 2.24) is 0 Å². The van der Waals surface area contributed by atoms with Crippen LogP contribution in [-0.4, -0.2) is 126 Å².